The van der Waals surface area contributed by atoms with Crippen molar-refractivity contribution in [3.63, 3.8) is 0 Å². The van der Waals surface area contributed by atoms with Gasteiger partial charge in [-0.1, -0.05) is 24.3 Å². The summed E-state index contributed by atoms with van der Waals surface area (Å²) in [5, 5.41) is 3.00. The summed E-state index contributed by atoms with van der Waals surface area (Å²) in [5.41, 5.74) is 2.25. The summed E-state index contributed by atoms with van der Waals surface area (Å²) in [6.07, 6.45) is 0.529. The molecule has 1 N–H and O–H groups in total. The van der Waals surface area contributed by atoms with E-state index in [1.54, 1.807) is 4.90 Å². The molecule has 0 radical (unpaired) electrons. The number of rotatable bonds is 6. The SMILES string of the molecule is O=C(NCc1ccccc1CN1CCOCC1)N1CCCN(S(=O)(=O)c2ccc(F)cc2)CC1. The van der Waals surface area contributed by atoms with Gasteiger partial charge in [-0.05, 0) is 41.8 Å². The van der Waals surface area contributed by atoms with Crippen molar-refractivity contribution in [3.8, 4) is 0 Å². The minimum Gasteiger partial charge on any atom is -0.379 e. The first kappa shape index (κ1) is 24.6. The fourth-order valence-corrected chi connectivity index (χ4v) is 5.73. The molecule has 0 aromatic heterocycles. The van der Waals surface area contributed by atoms with Crippen molar-refractivity contribution < 1.29 is 22.3 Å². The van der Waals surface area contributed by atoms with Gasteiger partial charge in [0.1, 0.15) is 5.82 Å². The number of carbonyl (C=O) groups is 1. The normalized spacial score (nSPS) is 18.4. The first-order valence-electron chi connectivity index (χ1n) is 11.6. The lowest BCUT2D eigenvalue weighted by Gasteiger charge is -2.27. The van der Waals surface area contributed by atoms with E-state index in [2.05, 4.69) is 16.3 Å². The standard InChI is InChI=1S/C24H31FN4O4S/c25-22-6-8-23(9-7-22)34(31,32)29-11-3-10-28(12-13-29)24(30)26-18-20-4-1-2-5-21(20)19-27-14-16-33-17-15-27/h1-2,4-9H,3,10-19H2,(H,26,30). The number of morpholine rings is 1. The maximum Gasteiger partial charge on any atom is 0.317 e. The molecule has 0 atom stereocenters. The van der Waals surface area contributed by atoms with Gasteiger partial charge in [0.25, 0.3) is 0 Å². The van der Waals surface area contributed by atoms with Crippen LogP contribution in [-0.2, 0) is 27.8 Å². The van der Waals surface area contributed by atoms with Crippen LogP contribution in [0.5, 0.6) is 0 Å². The molecular weight excluding hydrogens is 459 g/mol. The van der Waals surface area contributed by atoms with Gasteiger partial charge in [0, 0.05) is 52.4 Å². The number of amides is 2. The van der Waals surface area contributed by atoms with Gasteiger partial charge >= 0.3 is 6.03 Å². The highest BCUT2D eigenvalue weighted by Crippen LogP contribution is 2.18. The molecule has 2 aromatic rings. The molecule has 2 saturated heterocycles. The second kappa shape index (κ2) is 11.3. The van der Waals surface area contributed by atoms with Crippen molar-refractivity contribution >= 4 is 16.1 Å². The molecule has 34 heavy (non-hydrogen) atoms. The molecule has 2 heterocycles. The predicted molar refractivity (Wildman–Crippen MR) is 126 cm³/mol. The molecule has 4 rings (SSSR count). The van der Waals surface area contributed by atoms with Gasteiger partial charge < -0.3 is 15.0 Å². The molecule has 0 bridgehead atoms. The highest BCUT2D eigenvalue weighted by molar-refractivity contribution is 7.89. The van der Waals surface area contributed by atoms with Crippen LogP contribution in [0.4, 0.5) is 9.18 Å². The average molecular weight is 491 g/mol. The van der Waals surface area contributed by atoms with Crippen LogP contribution in [0, 0.1) is 5.82 Å². The number of urea groups is 1. The lowest BCUT2D eigenvalue weighted by atomic mass is 10.1. The minimum atomic E-state index is -3.73. The summed E-state index contributed by atoms with van der Waals surface area (Å²) < 4.78 is 45.8. The van der Waals surface area contributed by atoms with Gasteiger partial charge in [-0.2, -0.15) is 4.31 Å². The molecule has 8 nitrogen and oxygen atoms in total. The quantitative estimate of drug-likeness (QED) is 0.672. The lowest BCUT2D eigenvalue weighted by molar-refractivity contribution is 0.0340. The van der Waals surface area contributed by atoms with Crippen LogP contribution in [0.15, 0.2) is 53.4 Å². The Morgan fingerprint density at radius 2 is 1.62 bits per heavy atom. The average Bonchev–Trinajstić information content (AvgIpc) is 3.11. The Morgan fingerprint density at radius 3 is 2.35 bits per heavy atom. The summed E-state index contributed by atoms with van der Waals surface area (Å²) >= 11 is 0. The first-order valence-corrected chi connectivity index (χ1v) is 13.0. The van der Waals surface area contributed by atoms with Crippen molar-refractivity contribution in [1.82, 2.24) is 19.4 Å². The molecule has 2 aliphatic rings. The van der Waals surface area contributed by atoms with Crippen LogP contribution in [0.25, 0.3) is 0 Å². The van der Waals surface area contributed by atoms with Crippen LogP contribution in [0.1, 0.15) is 17.5 Å². The summed E-state index contributed by atoms with van der Waals surface area (Å²) in [5.74, 6) is -0.482. The third-order valence-corrected chi connectivity index (χ3v) is 8.15. The Morgan fingerprint density at radius 1 is 0.912 bits per heavy atom. The zero-order valence-corrected chi connectivity index (χ0v) is 20.0. The van der Waals surface area contributed by atoms with Crippen molar-refractivity contribution in [2.24, 2.45) is 0 Å². The van der Waals surface area contributed by atoms with Crippen LogP contribution in [0.3, 0.4) is 0 Å². The number of hydrogen-bond acceptors (Lipinski definition) is 5. The number of halogens is 1. The third kappa shape index (κ3) is 6.12. The highest BCUT2D eigenvalue weighted by Gasteiger charge is 2.28. The van der Waals surface area contributed by atoms with E-state index in [4.69, 9.17) is 4.74 Å². The Hall–Kier alpha value is -2.53. The summed E-state index contributed by atoms with van der Waals surface area (Å²) in [6.45, 7) is 5.76. The second-order valence-electron chi connectivity index (χ2n) is 8.51. The minimum absolute atomic E-state index is 0.0590. The summed E-state index contributed by atoms with van der Waals surface area (Å²) in [7, 11) is -3.73. The smallest absolute Gasteiger partial charge is 0.317 e. The van der Waals surface area contributed by atoms with E-state index in [-0.39, 0.29) is 17.5 Å². The Bertz CT molecular complexity index is 1070. The van der Waals surface area contributed by atoms with Gasteiger partial charge in [-0.25, -0.2) is 17.6 Å². The maximum absolute atomic E-state index is 13.2. The zero-order chi connectivity index (χ0) is 24.0. The molecule has 0 aliphatic carbocycles. The molecule has 2 fully saturated rings. The molecule has 0 saturated carbocycles. The van der Waals surface area contributed by atoms with Gasteiger partial charge in [-0.3, -0.25) is 4.90 Å². The molecular formula is C24H31FN4O4S. The van der Waals surface area contributed by atoms with Crippen molar-refractivity contribution in [1.29, 1.82) is 0 Å². The van der Waals surface area contributed by atoms with Gasteiger partial charge in [0.2, 0.25) is 10.0 Å². The molecule has 10 heteroatoms. The van der Waals surface area contributed by atoms with Gasteiger partial charge in [0.15, 0.2) is 0 Å². The van der Waals surface area contributed by atoms with Crippen LogP contribution in [0.2, 0.25) is 0 Å². The van der Waals surface area contributed by atoms with E-state index in [9.17, 15) is 17.6 Å². The Kier molecular flexibility index (Phi) is 8.15. The second-order valence-corrected chi connectivity index (χ2v) is 10.5. The van der Waals surface area contributed by atoms with Crippen molar-refractivity contribution in [2.45, 2.75) is 24.4 Å². The van der Waals surface area contributed by atoms with Crippen molar-refractivity contribution in [2.75, 3.05) is 52.5 Å². The fourth-order valence-electron chi connectivity index (χ4n) is 4.26. The van der Waals surface area contributed by atoms with Gasteiger partial charge in [0.05, 0.1) is 18.1 Å². The van der Waals surface area contributed by atoms with E-state index >= 15 is 0 Å². The molecule has 2 aromatic carbocycles. The van der Waals surface area contributed by atoms with E-state index in [1.807, 2.05) is 18.2 Å². The number of sulfonamides is 1. The fraction of sp³-hybridized carbons (Fsp3) is 0.458. The van der Waals surface area contributed by atoms with E-state index in [0.29, 0.717) is 32.6 Å². The molecule has 0 spiro atoms. The van der Waals surface area contributed by atoms with E-state index in [1.165, 1.54) is 22.0 Å². The number of nitrogens with one attached hydrogen (secondary N) is 1. The monoisotopic (exact) mass is 490 g/mol. The topological polar surface area (TPSA) is 82.2 Å². The lowest BCUT2D eigenvalue weighted by Crippen LogP contribution is -2.42. The molecule has 2 amide bonds. The summed E-state index contributed by atoms with van der Waals surface area (Å²) in [6, 6.07) is 12.7. The number of nitrogens with zero attached hydrogens (tertiary/aromatic N) is 3. The van der Waals surface area contributed by atoms with Crippen LogP contribution < -0.4 is 5.32 Å². The largest absolute Gasteiger partial charge is 0.379 e. The van der Waals surface area contributed by atoms with Crippen molar-refractivity contribution in [3.05, 3.63) is 65.5 Å². The Balaban J connectivity index is 1.33. The number of carbonyl (C=O) groups excluding carboxylic acids is 1. The Labute approximate surface area is 200 Å². The van der Waals surface area contributed by atoms with Crippen LogP contribution in [-0.4, -0.2) is 81.0 Å². The highest BCUT2D eigenvalue weighted by atomic mass is 32.2. The predicted octanol–water partition coefficient (Wildman–Crippen LogP) is 2.26. The zero-order valence-electron chi connectivity index (χ0n) is 19.2. The van der Waals surface area contributed by atoms with E-state index in [0.717, 1.165) is 50.5 Å². The number of hydrogen-bond donors (Lipinski definition) is 1. The molecule has 0 unspecified atom stereocenters. The van der Waals surface area contributed by atoms with Crippen LogP contribution >= 0.6 is 0 Å². The third-order valence-electron chi connectivity index (χ3n) is 6.24. The summed E-state index contributed by atoms with van der Waals surface area (Å²) in [4.78, 5) is 16.9. The first-order chi connectivity index (χ1) is 16.4. The number of ether oxygens (including phenoxy) is 1. The van der Waals surface area contributed by atoms with E-state index < -0.39 is 15.8 Å². The van der Waals surface area contributed by atoms with Gasteiger partial charge in [-0.15, -0.1) is 0 Å². The molecule has 184 valence electrons. The maximum atomic E-state index is 13.2. The molecule has 2 aliphatic heterocycles. The number of benzene rings is 2.